The van der Waals surface area contributed by atoms with Crippen molar-refractivity contribution in [1.29, 1.82) is 0 Å². The Morgan fingerprint density at radius 1 is 1.40 bits per heavy atom. The van der Waals surface area contributed by atoms with Gasteiger partial charge in [-0.3, -0.25) is 9.79 Å². The quantitative estimate of drug-likeness (QED) is 0.507. The number of carbonyl (C=O) groups is 1. The zero-order valence-electron chi connectivity index (χ0n) is 13.3. The molecule has 0 aromatic rings. The van der Waals surface area contributed by atoms with Crippen LogP contribution in [0.15, 0.2) is 4.99 Å². The van der Waals surface area contributed by atoms with E-state index in [0.29, 0.717) is 19.0 Å². The van der Waals surface area contributed by atoms with Crippen LogP contribution in [0, 0.1) is 5.41 Å². The van der Waals surface area contributed by atoms with Gasteiger partial charge in [0.05, 0.1) is 11.0 Å². The third kappa shape index (κ3) is 4.67. The molecule has 6 nitrogen and oxygen atoms in total. The SMILES string of the molecule is CN=C(NCC1(C)CCCO1)NCC(C)(C)C(=O)NC. The summed E-state index contributed by atoms with van der Waals surface area (Å²) >= 11 is 0. The predicted molar refractivity (Wildman–Crippen MR) is 80.8 cm³/mol. The monoisotopic (exact) mass is 284 g/mol. The van der Waals surface area contributed by atoms with Crippen LogP contribution < -0.4 is 16.0 Å². The van der Waals surface area contributed by atoms with E-state index in [0.717, 1.165) is 19.4 Å². The van der Waals surface area contributed by atoms with Gasteiger partial charge in [0.1, 0.15) is 0 Å². The molecule has 0 aliphatic carbocycles. The molecule has 1 aliphatic heterocycles. The molecule has 1 amide bonds. The van der Waals surface area contributed by atoms with E-state index in [1.54, 1.807) is 14.1 Å². The number of guanidine groups is 1. The van der Waals surface area contributed by atoms with Crippen LogP contribution >= 0.6 is 0 Å². The van der Waals surface area contributed by atoms with Gasteiger partial charge in [0.2, 0.25) is 5.91 Å². The first-order valence-corrected chi connectivity index (χ1v) is 7.14. The van der Waals surface area contributed by atoms with Gasteiger partial charge in [-0.1, -0.05) is 0 Å². The lowest BCUT2D eigenvalue weighted by Crippen LogP contribution is -2.50. The zero-order valence-corrected chi connectivity index (χ0v) is 13.3. The Labute approximate surface area is 121 Å². The van der Waals surface area contributed by atoms with Crippen LogP contribution in [-0.4, -0.2) is 51.3 Å². The van der Waals surface area contributed by atoms with Gasteiger partial charge in [0.15, 0.2) is 5.96 Å². The van der Waals surface area contributed by atoms with E-state index in [9.17, 15) is 4.79 Å². The number of aliphatic imine (C=N–C) groups is 1. The van der Waals surface area contributed by atoms with E-state index >= 15 is 0 Å². The minimum atomic E-state index is -0.486. The van der Waals surface area contributed by atoms with Crippen molar-refractivity contribution in [1.82, 2.24) is 16.0 Å². The molecule has 1 saturated heterocycles. The fourth-order valence-corrected chi connectivity index (χ4v) is 2.19. The molecule has 1 atom stereocenters. The maximum Gasteiger partial charge on any atom is 0.227 e. The summed E-state index contributed by atoms with van der Waals surface area (Å²) in [6, 6.07) is 0. The summed E-state index contributed by atoms with van der Waals surface area (Å²) in [6.07, 6.45) is 2.16. The third-order valence-electron chi connectivity index (χ3n) is 3.69. The Balaban J connectivity index is 2.42. The number of amides is 1. The number of hydrogen-bond donors (Lipinski definition) is 3. The second kappa shape index (κ2) is 6.92. The Morgan fingerprint density at radius 2 is 2.10 bits per heavy atom. The molecule has 1 rings (SSSR count). The van der Waals surface area contributed by atoms with Crippen molar-refractivity contribution in [2.45, 2.75) is 39.2 Å². The van der Waals surface area contributed by atoms with Crippen molar-refractivity contribution in [2.24, 2.45) is 10.4 Å². The van der Waals surface area contributed by atoms with Crippen molar-refractivity contribution in [3.05, 3.63) is 0 Å². The van der Waals surface area contributed by atoms with Crippen LogP contribution in [0.25, 0.3) is 0 Å². The largest absolute Gasteiger partial charge is 0.373 e. The van der Waals surface area contributed by atoms with Gasteiger partial charge < -0.3 is 20.7 Å². The highest BCUT2D eigenvalue weighted by Crippen LogP contribution is 2.23. The van der Waals surface area contributed by atoms with Gasteiger partial charge in [-0.2, -0.15) is 0 Å². The number of hydrogen-bond acceptors (Lipinski definition) is 3. The lowest BCUT2D eigenvalue weighted by molar-refractivity contribution is -0.128. The minimum Gasteiger partial charge on any atom is -0.373 e. The molecule has 1 fully saturated rings. The maximum absolute atomic E-state index is 11.7. The third-order valence-corrected chi connectivity index (χ3v) is 3.69. The summed E-state index contributed by atoms with van der Waals surface area (Å²) < 4.78 is 5.73. The first-order valence-electron chi connectivity index (χ1n) is 7.14. The Bertz CT molecular complexity index is 360. The molecule has 1 aliphatic rings. The van der Waals surface area contributed by atoms with Crippen LogP contribution in [-0.2, 0) is 9.53 Å². The van der Waals surface area contributed by atoms with E-state index in [1.807, 2.05) is 13.8 Å². The van der Waals surface area contributed by atoms with Crippen LogP contribution in [0.2, 0.25) is 0 Å². The zero-order chi connectivity index (χ0) is 15.2. The van der Waals surface area contributed by atoms with Gasteiger partial charge >= 0.3 is 0 Å². The van der Waals surface area contributed by atoms with Crippen LogP contribution in [0.5, 0.6) is 0 Å². The highest BCUT2D eigenvalue weighted by atomic mass is 16.5. The molecular formula is C14H28N4O2. The summed E-state index contributed by atoms with van der Waals surface area (Å²) in [4.78, 5) is 15.9. The van der Waals surface area contributed by atoms with Crippen molar-refractivity contribution in [3.63, 3.8) is 0 Å². The van der Waals surface area contributed by atoms with Crippen LogP contribution in [0.4, 0.5) is 0 Å². The van der Waals surface area contributed by atoms with Gasteiger partial charge in [-0.15, -0.1) is 0 Å². The first kappa shape index (κ1) is 16.8. The van der Waals surface area contributed by atoms with E-state index < -0.39 is 5.41 Å². The molecule has 0 aromatic carbocycles. The Hall–Kier alpha value is -1.30. The minimum absolute atomic E-state index is 0.00606. The summed E-state index contributed by atoms with van der Waals surface area (Å²) in [5, 5.41) is 9.12. The lowest BCUT2D eigenvalue weighted by Gasteiger charge is -2.27. The highest BCUT2D eigenvalue weighted by Gasteiger charge is 2.30. The van der Waals surface area contributed by atoms with Crippen molar-refractivity contribution in [2.75, 3.05) is 33.8 Å². The lowest BCUT2D eigenvalue weighted by atomic mass is 9.92. The second-order valence-electron chi connectivity index (χ2n) is 6.14. The molecule has 20 heavy (non-hydrogen) atoms. The maximum atomic E-state index is 11.7. The van der Waals surface area contributed by atoms with Crippen molar-refractivity contribution >= 4 is 11.9 Å². The van der Waals surface area contributed by atoms with E-state index in [4.69, 9.17) is 4.74 Å². The fraction of sp³-hybridized carbons (Fsp3) is 0.857. The Kier molecular flexibility index (Phi) is 5.80. The molecular weight excluding hydrogens is 256 g/mol. The second-order valence-corrected chi connectivity index (χ2v) is 6.14. The van der Waals surface area contributed by atoms with E-state index in [1.165, 1.54) is 0 Å². The number of carbonyl (C=O) groups excluding carboxylic acids is 1. The molecule has 0 radical (unpaired) electrons. The smallest absolute Gasteiger partial charge is 0.227 e. The predicted octanol–water partition coefficient (Wildman–Crippen LogP) is 0.493. The van der Waals surface area contributed by atoms with Crippen molar-refractivity contribution < 1.29 is 9.53 Å². The summed E-state index contributed by atoms with van der Waals surface area (Å²) in [5.74, 6) is 0.699. The fourth-order valence-electron chi connectivity index (χ4n) is 2.19. The van der Waals surface area contributed by atoms with Gasteiger partial charge in [-0.05, 0) is 33.6 Å². The number of nitrogens with zero attached hydrogens (tertiary/aromatic N) is 1. The number of rotatable bonds is 5. The highest BCUT2D eigenvalue weighted by molar-refractivity contribution is 5.84. The number of ether oxygens (including phenoxy) is 1. The molecule has 0 bridgehead atoms. The van der Waals surface area contributed by atoms with E-state index in [-0.39, 0.29) is 11.5 Å². The average Bonchev–Trinajstić information content (AvgIpc) is 2.85. The summed E-state index contributed by atoms with van der Waals surface area (Å²) in [6.45, 7) is 7.96. The molecule has 3 N–H and O–H groups in total. The first-order chi connectivity index (χ1) is 9.33. The standard InChI is InChI=1S/C14H28N4O2/c1-13(2,11(19)15-4)9-17-12(16-5)18-10-14(3)7-6-8-20-14/h6-10H2,1-5H3,(H,15,19)(H2,16,17,18). The molecule has 1 unspecified atom stereocenters. The molecule has 116 valence electrons. The molecule has 1 heterocycles. The van der Waals surface area contributed by atoms with Gasteiger partial charge in [0.25, 0.3) is 0 Å². The molecule has 6 heteroatoms. The van der Waals surface area contributed by atoms with Crippen LogP contribution in [0.1, 0.15) is 33.6 Å². The molecule has 0 aromatic heterocycles. The Morgan fingerprint density at radius 3 is 2.60 bits per heavy atom. The average molecular weight is 284 g/mol. The normalized spacial score (nSPS) is 23.6. The summed E-state index contributed by atoms with van der Waals surface area (Å²) in [5.41, 5.74) is -0.603. The molecule has 0 saturated carbocycles. The van der Waals surface area contributed by atoms with Crippen LogP contribution in [0.3, 0.4) is 0 Å². The van der Waals surface area contributed by atoms with E-state index in [2.05, 4.69) is 27.9 Å². The van der Waals surface area contributed by atoms with Gasteiger partial charge in [-0.25, -0.2) is 0 Å². The molecule has 0 spiro atoms. The van der Waals surface area contributed by atoms with Crippen molar-refractivity contribution in [3.8, 4) is 0 Å². The number of nitrogens with one attached hydrogen (secondary N) is 3. The topological polar surface area (TPSA) is 74.8 Å². The summed E-state index contributed by atoms with van der Waals surface area (Å²) in [7, 11) is 3.37. The van der Waals surface area contributed by atoms with Gasteiger partial charge in [0, 0.05) is 33.8 Å².